The van der Waals surface area contributed by atoms with Crippen LogP contribution < -0.4 is 0 Å². The molecular weight excluding hydrogens is 693 g/mol. The lowest BCUT2D eigenvalue weighted by Crippen LogP contribution is -1.97. The molecule has 0 N–H and O–H groups in total. The molecular formula is C53H34N4. The van der Waals surface area contributed by atoms with Crippen molar-refractivity contribution < 1.29 is 0 Å². The predicted molar refractivity (Wildman–Crippen MR) is 236 cm³/mol. The lowest BCUT2D eigenvalue weighted by atomic mass is 9.93. The summed E-state index contributed by atoms with van der Waals surface area (Å²) in [6.07, 6.45) is 0. The van der Waals surface area contributed by atoms with Gasteiger partial charge in [0, 0.05) is 33.0 Å². The molecule has 0 radical (unpaired) electrons. The summed E-state index contributed by atoms with van der Waals surface area (Å²) in [5.74, 6) is 0.697. The highest BCUT2D eigenvalue weighted by Crippen LogP contribution is 2.42. The maximum Gasteiger partial charge on any atom is 0.160 e. The molecule has 2 heterocycles. The van der Waals surface area contributed by atoms with Crippen LogP contribution in [0.4, 0.5) is 0 Å². The maximum atomic E-state index is 5.35. The molecule has 2 aromatic heterocycles. The number of hydrogen-bond acceptors (Lipinski definition) is 3. The molecule has 0 aliphatic carbocycles. The Labute approximate surface area is 330 Å². The number of aromatic nitrogens is 4. The Morgan fingerprint density at radius 2 is 0.877 bits per heavy atom. The minimum Gasteiger partial charge on any atom is -0.232 e. The zero-order valence-corrected chi connectivity index (χ0v) is 30.9. The maximum absolute atomic E-state index is 5.35. The normalized spacial score (nSPS) is 11.5. The van der Waals surface area contributed by atoms with Gasteiger partial charge in [-0.25, -0.2) is 14.6 Å². The molecule has 0 aliphatic heterocycles. The van der Waals surface area contributed by atoms with Crippen LogP contribution >= 0.6 is 0 Å². The van der Waals surface area contributed by atoms with Crippen LogP contribution in [-0.4, -0.2) is 19.7 Å². The summed E-state index contributed by atoms with van der Waals surface area (Å²) in [4.78, 5) is 10.4. The third-order valence-electron chi connectivity index (χ3n) is 11.0. The van der Waals surface area contributed by atoms with E-state index in [9.17, 15) is 0 Å². The summed E-state index contributed by atoms with van der Waals surface area (Å²) >= 11 is 0. The first-order valence-electron chi connectivity index (χ1n) is 19.3. The van der Waals surface area contributed by atoms with Crippen molar-refractivity contribution >= 4 is 43.2 Å². The minimum absolute atomic E-state index is 0.697. The lowest BCUT2D eigenvalue weighted by molar-refractivity contribution is 0.918. The highest BCUT2D eigenvalue weighted by atomic mass is 15.3. The fraction of sp³-hybridized carbons (Fsp3) is 0. The van der Waals surface area contributed by atoms with E-state index in [1.165, 1.54) is 16.2 Å². The van der Waals surface area contributed by atoms with E-state index in [4.69, 9.17) is 15.1 Å². The summed E-state index contributed by atoms with van der Waals surface area (Å²) in [6, 6.07) is 72.7. The first kappa shape index (κ1) is 32.7. The first-order chi connectivity index (χ1) is 28.2. The van der Waals surface area contributed by atoms with Crippen molar-refractivity contribution in [3.8, 4) is 62.0 Å². The van der Waals surface area contributed by atoms with Gasteiger partial charge >= 0.3 is 0 Å². The van der Waals surface area contributed by atoms with Gasteiger partial charge in [-0.3, -0.25) is 0 Å². The van der Waals surface area contributed by atoms with E-state index in [0.29, 0.717) is 5.82 Å². The van der Waals surface area contributed by atoms with Gasteiger partial charge in [0.25, 0.3) is 0 Å². The third kappa shape index (κ3) is 5.83. The quantitative estimate of drug-likeness (QED) is 0.171. The number of benzene rings is 9. The Hall–Kier alpha value is -7.69. The van der Waals surface area contributed by atoms with E-state index >= 15 is 0 Å². The standard InChI is InChI=1S/C53H34N4/c1-3-15-39(16-4-1)51-50-47(33-42-19-11-12-22-46(42)52(50)57(56-51)45-20-5-2-6-21-45)37-25-27-38(28-26-37)48-34-49(43-29-23-35-13-7-9-17-40(35)31-43)55-53(54-48)44-30-24-36-14-8-10-18-41(36)32-44/h1-34H. The Balaban J connectivity index is 1.09. The van der Waals surface area contributed by atoms with Crippen LogP contribution in [0.2, 0.25) is 0 Å². The van der Waals surface area contributed by atoms with Gasteiger partial charge in [-0.05, 0) is 74.5 Å². The van der Waals surface area contributed by atoms with Crippen molar-refractivity contribution in [1.82, 2.24) is 19.7 Å². The third-order valence-corrected chi connectivity index (χ3v) is 11.0. The molecule has 11 rings (SSSR count). The molecule has 0 aliphatic rings. The van der Waals surface area contributed by atoms with Crippen molar-refractivity contribution in [1.29, 1.82) is 0 Å². The number of rotatable bonds is 6. The van der Waals surface area contributed by atoms with Gasteiger partial charge in [-0.15, -0.1) is 0 Å². The Kier molecular flexibility index (Phi) is 7.78. The number of fused-ring (bicyclic) bond motifs is 5. The van der Waals surface area contributed by atoms with E-state index in [1.54, 1.807) is 0 Å². The molecule has 266 valence electrons. The zero-order chi connectivity index (χ0) is 37.7. The minimum atomic E-state index is 0.697. The van der Waals surface area contributed by atoms with E-state index < -0.39 is 0 Å². The summed E-state index contributed by atoms with van der Waals surface area (Å²) < 4.78 is 2.11. The second-order valence-electron chi connectivity index (χ2n) is 14.5. The monoisotopic (exact) mass is 726 g/mol. The largest absolute Gasteiger partial charge is 0.232 e. The topological polar surface area (TPSA) is 43.6 Å². The van der Waals surface area contributed by atoms with Crippen LogP contribution in [0.1, 0.15) is 0 Å². The van der Waals surface area contributed by atoms with E-state index in [0.717, 1.165) is 83.2 Å². The molecule has 0 atom stereocenters. The summed E-state index contributed by atoms with van der Waals surface area (Å²) in [6.45, 7) is 0. The average molecular weight is 727 g/mol. The van der Waals surface area contributed by atoms with E-state index in [2.05, 4.69) is 205 Å². The zero-order valence-electron chi connectivity index (χ0n) is 30.9. The smallest absolute Gasteiger partial charge is 0.160 e. The van der Waals surface area contributed by atoms with E-state index in [1.807, 2.05) is 6.07 Å². The van der Waals surface area contributed by atoms with Crippen molar-refractivity contribution in [3.63, 3.8) is 0 Å². The molecule has 0 saturated carbocycles. The fourth-order valence-electron chi connectivity index (χ4n) is 8.14. The number of para-hydroxylation sites is 1. The molecule has 0 bridgehead atoms. The van der Waals surface area contributed by atoms with Gasteiger partial charge < -0.3 is 0 Å². The number of nitrogens with zero attached hydrogens (tertiary/aromatic N) is 4. The van der Waals surface area contributed by atoms with Crippen LogP contribution in [0.3, 0.4) is 0 Å². The van der Waals surface area contributed by atoms with Crippen LogP contribution in [0.5, 0.6) is 0 Å². The molecule has 0 spiro atoms. The van der Waals surface area contributed by atoms with Gasteiger partial charge in [-0.2, -0.15) is 5.10 Å². The highest BCUT2D eigenvalue weighted by Gasteiger charge is 2.21. The van der Waals surface area contributed by atoms with Crippen molar-refractivity contribution in [3.05, 3.63) is 206 Å². The molecule has 11 aromatic rings. The summed E-state index contributed by atoms with van der Waals surface area (Å²) in [5.41, 5.74) is 11.2. The van der Waals surface area contributed by atoms with Crippen LogP contribution in [0, 0.1) is 0 Å². The van der Waals surface area contributed by atoms with Crippen molar-refractivity contribution in [2.24, 2.45) is 0 Å². The molecule has 0 saturated heterocycles. The second kappa shape index (κ2) is 13.6. The predicted octanol–water partition coefficient (Wildman–Crippen LogP) is 13.6. The van der Waals surface area contributed by atoms with Crippen LogP contribution in [0.15, 0.2) is 206 Å². The summed E-state index contributed by atoms with van der Waals surface area (Å²) in [7, 11) is 0. The molecule has 0 fully saturated rings. The van der Waals surface area contributed by atoms with Crippen LogP contribution in [-0.2, 0) is 0 Å². The van der Waals surface area contributed by atoms with Crippen molar-refractivity contribution in [2.75, 3.05) is 0 Å². The molecule has 0 amide bonds. The summed E-state index contributed by atoms with van der Waals surface area (Å²) in [5, 5.41) is 13.5. The van der Waals surface area contributed by atoms with Gasteiger partial charge in [0.2, 0.25) is 0 Å². The fourth-order valence-corrected chi connectivity index (χ4v) is 8.14. The van der Waals surface area contributed by atoms with Gasteiger partial charge in [-0.1, -0.05) is 170 Å². The number of hydrogen-bond donors (Lipinski definition) is 0. The van der Waals surface area contributed by atoms with Crippen molar-refractivity contribution in [2.45, 2.75) is 0 Å². The van der Waals surface area contributed by atoms with E-state index in [-0.39, 0.29) is 0 Å². The second-order valence-corrected chi connectivity index (χ2v) is 14.5. The highest BCUT2D eigenvalue weighted by molar-refractivity contribution is 6.17. The van der Waals surface area contributed by atoms with Gasteiger partial charge in [0.1, 0.15) is 5.69 Å². The average Bonchev–Trinajstić information content (AvgIpc) is 3.70. The Bertz CT molecular complexity index is 3180. The van der Waals surface area contributed by atoms with Crippen LogP contribution in [0.25, 0.3) is 105 Å². The first-order valence-corrected chi connectivity index (χ1v) is 19.3. The Morgan fingerprint density at radius 3 is 1.58 bits per heavy atom. The molecule has 57 heavy (non-hydrogen) atoms. The molecule has 4 heteroatoms. The molecule has 4 nitrogen and oxygen atoms in total. The molecule has 9 aromatic carbocycles. The SMILES string of the molecule is c1ccc(-c2nn(-c3ccccc3)c3c2c(-c2ccc(-c4cc(-c5ccc6ccccc6c5)nc(-c5ccc6ccccc6c5)n4)cc2)cc2ccccc23)cc1. The lowest BCUT2D eigenvalue weighted by Gasteiger charge is -2.13. The van der Waals surface area contributed by atoms with Gasteiger partial charge in [0.15, 0.2) is 5.82 Å². The van der Waals surface area contributed by atoms with Gasteiger partial charge in [0.05, 0.1) is 22.6 Å². The molecule has 0 unspecified atom stereocenters. The Morgan fingerprint density at radius 1 is 0.351 bits per heavy atom.